The van der Waals surface area contributed by atoms with Crippen molar-refractivity contribution in [2.75, 3.05) is 55.8 Å². The van der Waals surface area contributed by atoms with Gasteiger partial charge in [-0.3, -0.25) is 9.59 Å². The smallest absolute Gasteiger partial charge is 0.303 e. The van der Waals surface area contributed by atoms with Crippen molar-refractivity contribution in [1.82, 2.24) is 10.2 Å². The Labute approximate surface area is 222 Å². The maximum absolute atomic E-state index is 15.2. The second-order valence-electron chi connectivity index (χ2n) is 9.15. The summed E-state index contributed by atoms with van der Waals surface area (Å²) in [4.78, 5) is 31.2. The van der Waals surface area contributed by atoms with E-state index in [-0.39, 0.29) is 17.8 Å². The lowest BCUT2D eigenvalue weighted by Gasteiger charge is -2.37. The molecule has 1 N–H and O–H groups in total. The standard InChI is InChI=1S/C27H33FN4O4S/c1-3-25(37)29-16-22-17-32(18-35-22)21-9-10-24(23(28)15-21)30-11-13-31(14-12-30)27(34)26(36-19(2)33)20-7-5-4-6-8-20/h4-10,15,22,26H,3,11-14,16-18H2,1-2H3,(H,29,37)/t22-,26-/m0/s1. The van der Waals surface area contributed by atoms with Gasteiger partial charge >= 0.3 is 5.97 Å². The number of carbonyl (C=O) groups is 2. The maximum Gasteiger partial charge on any atom is 0.303 e. The van der Waals surface area contributed by atoms with Crippen molar-refractivity contribution in [2.45, 2.75) is 32.5 Å². The monoisotopic (exact) mass is 528 g/mol. The summed E-state index contributed by atoms with van der Waals surface area (Å²) in [6.07, 6.45) is -0.203. The predicted molar refractivity (Wildman–Crippen MR) is 144 cm³/mol. The summed E-state index contributed by atoms with van der Waals surface area (Å²) in [5, 5.41) is 3.19. The van der Waals surface area contributed by atoms with Crippen LogP contribution in [-0.2, 0) is 19.1 Å². The second kappa shape index (κ2) is 12.3. The number of esters is 1. The number of benzene rings is 2. The molecule has 0 bridgehead atoms. The first kappa shape index (κ1) is 26.8. The Balaban J connectivity index is 1.34. The molecule has 0 aliphatic carbocycles. The number of nitrogens with one attached hydrogen (secondary N) is 1. The van der Waals surface area contributed by atoms with Gasteiger partial charge in [-0.15, -0.1) is 0 Å². The van der Waals surface area contributed by atoms with Crippen LogP contribution in [0.15, 0.2) is 48.5 Å². The number of hydrogen-bond donors (Lipinski definition) is 1. The van der Waals surface area contributed by atoms with Crippen molar-refractivity contribution in [3.05, 3.63) is 59.9 Å². The molecule has 1 amide bonds. The van der Waals surface area contributed by atoms with Crippen molar-refractivity contribution in [1.29, 1.82) is 0 Å². The molecule has 2 fully saturated rings. The minimum absolute atomic E-state index is 0.00968. The van der Waals surface area contributed by atoms with E-state index in [0.717, 1.165) is 17.1 Å². The van der Waals surface area contributed by atoms with Gasteiger partial charge in [-0.05, 0) is 24.6 Å². The fourth-order valence-electron chi connectivity index (χ4n) is 4.54. The van der Waals surface area contributed by atoms with Gasteiger partial charge in [0, 0.05) is 57.4 Å². The number of hydrogen-bond acceptors (Lipinski definition) is 7. The molecule has 10 heteroatoms. The lowest BCUT2D eigenvalue weighted by Crippen LogP contribution is -2.50. The van der Waals surface area contributed by atoms with Crippen LogP contribution in [0.2, 0.25) is 0 Å². The van der Waals surface area contributed by atoms with E-state index < -0.39 is 12.1 Å². The molecule has 198 valence electrons. The van der Waals surface area contributed by atoms with Crippen LogP contribution in [0.4, 0.5) is 15.8 Å². The van der Waals surface area contributed by atoms with E-state index in [2.05, 4.69) is 5.32 Å². The Morgan fingerprint density at radius 1 is 1.14 bits per heavy atom. The third-order valence-corrected chi connectivity index (χ3v) is 7.01. The van der Waals surface area contributed by atoms with Gasteiger partial charge in [0.05, 0.1) is 16.8 Å². The maximum atomic E-state index is 15.2. The highest BCUT2D eigenvalue weighted by molar-refractivity contribution is 7.80. The van der Waals surface area contributed by atoms with Gasteiger partial charge in [0.25, 0.3) is 5.91 Å². The Bertz CT molecular complexity index is 1110. The van der Waals surface area contributed by atoms with Crippen molar-refractivity contribution in [3.63, 3.8) is 0 Å². The predicted octanol–water partition coefficient (Wildman–Crippen LogP) is 3.27. The van der Waals surface area contributed by atoms with Gasteiger partial charge in [0.1, 0.15) is 12.5 Å². The van der Waals surface area contributed by atoms with Crippen molar-refractivity contribution < 1.29 is 23.5 Å². The average molecular weight is 529 g/mol. The van der Waals surface area contributed by atoms with Crippen LogP contribution in [0.3, 0.4) is 0 Å². The number of piperazine rings is 1. The Morgan fingerprint density at radius 2 is 1.86 bits per heavy atom. The van der Waals surface area contributed by atoms with Crippen LogP contribution >= 0.6 is 12.2 Å². The molecule has 2 aromatic rings. The molecule has 2 saturated heterocycles. The average Bonchev–Trinajstić information content (AvgIpc) is 3.39. The van der Waals surface area contributed by atoms with E-state index in [4.69, 9.17) is 21.7 Å². The lowest BCUT2D eigenvalue weighted by atomic mass is 10.1. The SMILES string of the molecule is CCC(=S)NC[C@H]1CN(c2ccc(N3CCN(C(=O)[C@@H](OC(C)=O)c4ccccc4)CC3)c(F)c2)CO1. The molecule has 0 radical (unpaired) electrons. The van der Waals surface area contributed by atoms with E-state index in [0.29, 0.717) is 57.3 Å². The topological polar surface area (TPSA) is 74.4 Å². The summed E-state index contributed by atoms with van der Waals surface area (Å²) in [5.74, 6) is -1.10. The first-order valence-electron chi connectivity index (χ1n) is 12.5. The lowest BCUT2D eigenvalue weighted by molar-refractivity contribution is -0.159. The fourth-order valence-corrected chi connectivity index (χ4v) is 4.62. The zero-order chi connectivity index (χ0) is 26.4. The van der Waals surface area contributed by atoms with E-state index >= 15 is 4.39 Å². The Hall–Kier alpha value is -3.24. The third-order valence-electron chi connectivity index (χ3n) is 6.58. The number of ether oxygens (including phenoxy) is 2. The normalized spacial score (nSPS) is 18.5. The Morgan fingerprint density at radius 3 is 2.51 bits per heavy atom. The van der Waals surface area contributed by atoms with Crippen molar-refractivity contribution >= 4 is 40.5 Å². The molecule has 2 atom stereocenters. The third kappa shape index (κ3) is 6.75. The van der Waals surface area contributed by atoms with Crippen LogP contribution in [-0.4, -0.2) is 73.9 Å². The number of anilines is 2. The number of nitrogens with zero attached hydrogens (tertiary/aromatic N) is 3. The molecule has 0 unspecified atom stereocenters. The van der Waals surface area contributed by atoms with E-state index in [9.17, 15) is 9.59 Å². The summed E-state index contributed by atoms with van der Waals surface area (Å²) in [7, 11) is 0. The van der Waals surface area contributed by atoms with E-state index in [1.807, 2.05) is 28.9 Å². The summed E-state index contributed by atoms with van der Waals surface area (Å²) in [5.41, 5.74) is 1.90. The van der Waals surface area contributed by atoms with Crippen LogP contribution in [0, 0.1) is 5.82 Å². The molecule has 0 saturated carbocycles. The van der Waals surface area contributed by atoms with Crippen LogP contribution in [0.1, 0.15) is 31.9 Å². The highest BCUT2D eigenvalue weighted by Crippen LogP contribution is 2.28. The van der Waals surface area contributed by atoms with Gasteiger partial charge in [0.15, 0.2) is 0 Å². The van der Waals surface area contributed by atoms with Gasteiger partial charge < -0.3 is 29.5 Å². The molecule has 8 nitrogen and oxygen atoms in total. The quantitative estimate of drug-likeness (QED) is 0.414. The largest absolute Gasteiger partial charge is 0.447 e. The van der Waals surface area contributed by atoms with Gasteiger partial charge in [-0.2, -0.15) is 0 Å². The molecular formula is C27H33FN4O4S. The molecule has 4 rings (SSSR count). The summed E-state index contributed by atoms with van der Waals surface area (Å²) < 4.78 is 26.3. The van der Waals surface area contributed by atoms with Gasteiger partial charge in [0.2, 0.25) is 6.10 Å². The number of thiocarbonyl (C=S) groups is 1. The van der Waals surface area contributed by atoms with Crippen molar-refractivity contribution in [2.24, 2.45) is 0 Å². The van der Waals surface area contributed by atoms with Gasteiger partial charge in [-0.1, -0.05) is 49.5 Å². The number of amides is 1. The molecule has 2 aliphatic rings. The summed E-state index contributed by atoms with van der Waals surface area (Å²) >= 11 is 5.20. The highest BCUT2D eigenvalue weighted by atomic mass is 32.1. The van der Waals surface area contributed by atoms with Crippen LogP contribution in [0.25, 0.3) is 0 Å². The second-order valence-corrected chi connectivity index (χ2v) is 9.64. The molecule has 37 heavy (non-hydrogen) atoms. The van der Waals surface area contributed by atoms with Crippen LogP contribution in [0.5, 0.6) is 0 Å². The Kier molecular flexibility index (Phi) is 8.94. The minimum atomic E-state index is -0.986. The molecule has 2 heterocycles. The number of rotatable bonds is 8. The van der Waals surface area contributed by atoms with E-state index in [1.165, 1.54) is 13.0 Å². The molecule has 2 aliphatic heterocycles. The summed E-state index contributed by atoms with van der Waals surface area (Å²) in [6.45, 7) is 6.74. The first-order chi connectivity index (χ1) is 17.9. The molecule has 0 spiro atoms. The zero-order valence-corrected chi connectivity index (χ0v) is 22.0. The fraction of sp³-hybridized carbons (Fsp3) is 0.444. The first-order valence-corrected chi connectivity index (χ1v) is 12.9. The van der Waals surface area contributed by atoms with E-state index in [1.54, 1.807) is 35.2 Å². The molecule has 2 aromatic carbocycles. The number of halogens is 1. The summed E-state index contributed by atoms with van der Waals surface area (Å²) in [6, 6.07) is 14.2. The van der Waals surface area contributed by atoms with Gasteiger partial charge in [-0.25, -0.2) is 4.39 Å². The highest BCUT2D eigenvalue weighted by Gasteiger charge is 2.31. The van der Waals surface area contributed by atoms with Crippen LogP contribution < -0.4 is 15.1 Å². The molecule has 0 aromatic heterocycles. The zero-order valence-electron chi connectivity index (χ0n) is 21.2. The minimum Gasteiger partial charge on any atom is -0.447 e. The molecular weight excluding hydrogens is 495 g/mol. The number of carbonyl (C=O) groups excluding carboxylic acids is 2. The van der Waals surface area contributed by atoms with Crippen molar-refractivity contribution in [3.8, 4) is 0 Å².